The molecule has 0 saturated heterocycles. The molecule has 0 aliphatic carbocycles. The number of benzene rings is 2. The highest BCUT2D eigenvalue weighted by Gasteiger charge is 2.15. The molecule has 3 aromatic rings. The zero-order valence-corrected chi connectivity index (χ0v) is 15.0. The third kappa shape index (κ3) is 3.76. The summed E-state index contributed by atoms with van der Waals surface area (Å²) in [4.78, 5) is 15.4. The van der Waals surface area contributed by atoms with Gasteiger partial charge in [-0.2, -0.15) is 0 Å². The Hall–Kier alpha value is -2.71. The molecule has 0 bridgehead atoms. The number of carboxylic acids is 1. The van der Waals surface area contributed by atoms with Crippen molar-refractivity contribution in [3.05, 3.63) is 59.9 Å². The van der Waals surface area contributed by atoms with E-state index in [0.717, 1.165) is 22.9 Å². The van der Waals surface area contributed by atoms with Crippen molar-refractivity contribution in [1.82, 2.24) is 14.3 Å². The lowest BCUT2D eigenvalue weighted by atomic mass is 10.2. The van der Waals surface area contributed by atoms with Crippen LogP contribution in [0.2, 0.25) is 0 Å². The van der Waals surface area contributed by atoms with Gasteiger partial charge in [-0.3, -0.25) is 0 Å². The third-order valence-corrected chi connectivity index (χ3v) is 5.55. The maximum Gasteiger partial charge on any atom is 0.335 e. The minimum absolute atomic E-state index is 0.0540. The number of imidazole rings is 1. The Kier molecular flexibility index (Phi) is 5.06. The summed E-state index contributed by atoms with van der Waals surface area (Å²) >= 11 is 0. The highest BCUT2D eigenvalue weighted by Crippen LogP contribution is 2.16. The van der Waals surface area contributed by atoms with Crippen molar-refractivity contribution in [2.45, 2.75) is 24.8 Å². The van der Waals surface area contributed by atoms with Crippen molar-refractivity contribution in [2.75, 3.05) is 6.54 Å². The quantitative estimate of drug-likeness (QED) is 0.619. The number of hydrogen-bond donors (Lipinski definition) is 2. The van der Waals surface area contributed by atoms with E-state index in [2.05, 4.69) is 14.3 Å². The summed E-state index contributed by atoms with van der Waals surface area (Å²) in [5.41, 5.74) is 1.87. The van der Waals surface area contributed by atoms with Crippen LogP contribution in [0.1, 0.15) is 22.6 Å². The number of carboxylic acid groups (broad SMARTS) is 1. The largest absolute Gasteiger partial charge is 0.478 e. The van der Waals surface area contributed by atoms with Crippen LogP contribution in [0.25, 0.3) is 11.0 Å². The summed E-state index contributed by atoms with van der Waals surface area (Å²) in [7, 11) is -3.75. The van der Waals surface area contributed by atoms with Crippen molar-refractivity contribution in [3.8, 4) is 0 Å². The van der Waals surface area contributed by atoms with Gasteiger partial charge in [0.05, 0.1) is 21.5 Å². The highest BCUT2D eigenvalue weighted by atomic mass is 32.2. The smallest absolute Gasteiger partial charge is 0.335 e. The van der Waals surface area contributed by atoms with Gasteiger partial charge in [0.25, 0.3) is 0 Å². The van der Waals surface area contributed by atoms with Gasteiger partial charge in [-0.1, -0.05) is 18.2 Å². The van der Waals surface area contributed by atoms with Crippen LogP contribution in [0.4, 0.5) is 0 Å². The fourth-order valence-electron chi connectivity index (χ4n) is 2.80. The van der Waals surface area contributed by atoms with Crippen molar-refractivity contribution >= 4 is 27.0 Å². The standard InChI is InChI=1S/C18H19N3O4S/c1-13-20-16-8-2-3-9-17(16)21(13)11-5-10-19-26(24,25)15-7-4-6-14(12-15)18(22)23/h2-4,6-9,12,19H,5,10-11H2,1H3,(H,22,23). The lowest BCUT2D eigenvalue weighted by Gasteiger charge is -2.09. The van der Waals surface area contributed by atoms with Crippen LogP contribution in [-0.4, -0.2) is 35.6 Å². The Morgan fingerprint density at radius 1 is 1.19 bits per heavy atom. The number of rotatable bonds is 7. The number of hydrogen-bond acceptors (Lipinski definition) is 4. The Morgan fingerprint density at radius 3 is 2.73 bits per heavy atom. The monoisotopic (exact) mass is 373 g/mol. The molecular weight excluding hydrogens is 354 g/mol. The van der Waals surface area contributed by atoms with Crippen LogP contribution in [0.5, 0.6) is 0 Å². The molecule has 0 fully saturated rings. The number of fused-ring (bicyclic) bond motifs is 1. The molecule has 1 aromatic heterocycles. The molecule has 2 N–H and O–H groups in total. The number of nitrogens with zero attached hydrogens (tertiary/aromatic N) is 2. The predicted molar refractivity (Wildman–Crippen MR) is 97.7 cm³/mol. The lowest BCUT2D eigenvalue weighted by molar-refractivity contribution is 0.0696. The Labute approximate surface area is 151 Å². The first-order valence-electron chi connectivity index (χ1n) is 8.13. The normalized spacial score (nSPS) is 11.7. The van der Waals surface area contributed by atoms with E-state index in [1.54, 1.807) is 0 Å². The van der Waals surface area contributed by atoms with Gasteiger partial charge in [0.1, 0.15) is 5.82 Å². The van der Waals surface area contributed by atoms with Gasteiger partial charge in [0, 0.05) is 13.1 Å². The van der Waals surface area contributed by atoms with Crippen LogP contribution in [0.15, 0.2) is 53.4 Å². The van der Waals surface area contributed by atoms with E-state index < -0.39 is 16.0 Å². The van der Waals surface area contributed by atoms with Crippen molar-refractivity contribution in [2.24, 2.45) is 0 Å². The number of carbonyl (C=O) groups is 1. The van der Waals surface area contributed by atoms with Crippen molar-refractivity contribution < 1.29 is 18.3 Å². The average Bonchev–Trinajstić information content (AvgIpc) is 2.94. The number of aromatic nitrogens is 2. The molecule has 0 unspecified atom stereocenters. The van der Waals surface area contributed by atoms with Gasteiger partial charge >= 0.3 is 5.97 Å². The maximum absolute atomic E-state index is 12.3. The topological polar surface area (TPSA) is 101 Å². The second-order valence-corrected chi connectivity index (χ2v) is 7.65. The summed E-state index contributed by atoms with van der Waals surface area (Å²) < 4.78 is 29.2. The number of aryl methyl sites for hydroxylation is 2. The Bertz CT molecular complexity index is 1060. The summed E-state index contributed by atoms with van der Waals surface area (Å²) in [5.74, 6) is -0.285. The van der Waals surface area contributed by atoms with E-state index in [-0.39, 0.29) is 17.0 Å². The minimum Gasteiger partial charge on any atom is -0.478 e. The Morgan fingerprint density at radius 2 is 1.96 bits per heavy atom. The lowest BCUT2D eigenvalue weighted by Crippen LogP contribution is -2.26. The van der Waals surface area contributed by atoms with E-state index in [1.165, 1.54) is 18.2 Å². The second kappa shape index (κ2) is 7.27. The number of nitrogens with one attached hydrogen (secondary N) is 1. The molecule has 0 amide bonds. The van der Waals surface area contributed by atoms with Gasteiger partial charge < -0.3 is 9.67 Å². The molecule has 3 rings (SSSR count). The van der Waals surface area contributed by atoms with E-state index in [4.69, 9.17) is 5.11 Å². The van der Waals surface area contributed by atoms with Gasteiger partial charge in [-0.15, -0.1) is 0 Å². The zero-order valence-electron chi connectivity index (χ0n) is 14.2. The summed E-state index contributed by atoms with van der Waals surface area (Å²) in [6, 6.07) is 13.1. The fraction of sp³-hybridized carbons (Fsp3) is 0.222. The number of aromatic carboxylic acids is 1. The predicted octanol–water partition coefficient (Wildman–Crippen LogP) is 2.41. The molecule has 0 radical (unpaired) electrons. The van der Waals surface area contributed by atoms with Crippen molar-refractivity contribution in [1.29, 1.82) is 0 Å². The highest BCUT2D eigenvalue weighted by molar-refractivity contribution is 7.89. The number of sulfonamides is 1. The van der Waals surface area contributed by atoms with E-state index in [0.29, 0.717) is 13.0 Å². The van der Waals surface area contributed by atoms with Gasteiger partial charge in [-0.25, -0.2) is 22.9 Å². The molecule has 0 saturated carbocycles. The average molecular weight is 373 g/mol. The van der Waals surface area contributed by atoms with Crippen LogP contribution in [0.3, 0.4) is 0 Å². The molecule has 1 heterocycles. The van der Waals surface area contributed by atoms with E-state index in [9.17, 15) is 13.2 Å². The van der Waals surface area contributed by atoms with Crippen LogP contribution in [-0.2, 0) is 16.6 Å². The van der Waals surface area contributed by atoms with Crippen LogP contribution in [0, 0.1) is 6.92 Å². The molecule has 136 valence electrons. The van der Waals surface area contributed by atoms with Crippen molar-refractivity contribution in [3.63, 3.8) is 0 Å². The van der Waals surface area contributed by atoms with Crippen LogP contribution >= 0.6 is 0 Å². The zero-order chi connectivity index (χ0) is 18.7. The molecule has 0 atom stereocenters. The summed E-state index contributed by atoms with van der Waals surface area (Å²) in [6.07, 6.45) is 0.582. The first kappa shape index (κ1) is 18.1. The fourth-order valence-corrected chi connectivity index (χ4v) is 3.92. The Balaban J connectivity index is 1.65. The summed E-state index contributed by atoms with van der Waals surface area (Å²) in [5, 5.41) is 8.98. The third-order valence-electron chi connectivity index (χ3n) is 4.09. The molecule has 8 heteroatoms. The van der Waals surface area contributed by atoms with Gasteiger partial charge in [-0.05, 0) is 43.7 Å². The molecule has 0 spiro atoms. The van der Waals surface area contributed by atoms with Gasteiger partial charge in [0.2, 0.25) is 10.0 Å². The van der Waals surface area contributed by atoms with Gasteiger partial charge in [0.15, 0.2) is 0 Å². The first-order valence-corrected chi connectivity index (χ1v) is 9.62. The SMILES string of the molecule is Cc1nc2ccccc2n1CCCNS(=O)(=O)c1cccc(C(=O)O)c1. The molecule has 2 aromatic carbocycles. The molecule has 0 aliphatic rings. The first-order chi connectivity index (χ1) is 12.4. The summed E-state index contributed by atoms with van der Waals surface area (Å²) in [6.45, 7) is 2.79. The minimum atomic E-state index is -3.75. The second-order valence-electron chi connectivity index (χ2n) is 5.88. The molecule has 0 aliphatic heterocycles. The number of para-hydroxylation sites is 2. The maximum atomic E-state index is 12.3. The van der Waals surface area contributed by atoms with E-state index >= 15 is 0 Å². The molecule has 7 nitrogen and oxygen atoms in total. The van der Waals surface area contributed by atoms with Crippen LogP contribution < -0.4 is 4.72 Å². The van der Waals surface area contributed by atoms with E-state index in [1.807, 2.05) is 31.2 Å². The molecule has 26 heavy (non-hydrogen) atoms. The molecular formula is C18H19N3O4S.